The third-order valence-electron chi connectivity index (χ3n) is 9.92. The zero-order valence-corrected chi connectivity index (χ0v) is 30.7. The molecule has 4 heterocycles. The molecule has 0 spiro atoms. The molecule has 2 aliphatic rings. The van der Waals surface area contributed by atoms with Gasteiger partial charge in [-0.25, -0.2) is 0 Å². The van der Waals surface area contributed by atoms with Crippen LogP contribution < -0.4 is 29.6 Å². The summed E-state index contributed by atoms with van der Waals surface area (Å²) in [6, 6.07) is 14.4. The van der Waals surface area contributed by atoms with E-state index >= 15 is 0 Å². The molecular formula is C38H40Cl2N4O8. The van der Waals surface area contributed by atoms with E-state index in [1.54, 1.807) is 12.1 Å². The van der Waals surface area contributed by atoms with Crippen molar-refractivity contribution in [2.45, 2.75) is 52.0 Å². The molecular weight excluding hydrogens is 711 g/mol. The molecule has 0 saturated carbocycles. The number of methoxy groups -OCH3 is 2. The van der Waals surface area contributed by atoms with Crippen LogP contribution in [0.25, 0.3) is 11.1 Å². The predicted octanol–water partition coefficient (Wildman–Crippen LogP) is 6.71. The van der Waals surface area contributed by atoms with Gasteiger partial charge in [-0.2, -0.15) is 9.97 Å². The fourth-order valence-electron chi connectivity index (χ4n) is 7.06. The highest BCUT2D eigenvalue weighted by molar-refractivity contribution is 6.32. The Morgan fingerprint density at radius 1 is 0.712 bits per heavy atom. The van der Waals surface area contributed by atoms with Crippen molar-refractivity contribution in [1.29, 1.82) is 0 Å². The summed E-state index contributed by atoms with van der Waals surface area (Å²) < 4.78 is 23.3. The van der Waals surface area contributed by atoms with Gasteiger partial charge in [0.1, 0.15) is 23.3 Å². The van der Waals surface area contributed by atoms with Gasteiger partial charge in [0.15, 0.2) is 0 Å². The second-order valence-electron chi connectivity index (χ2n) is 12.8. The van der Waals surface area contributed by atoms with E-state index in [4.69, 9.17) is 42.1 Å². The maximum atomic E-state index is 11.8. The Labute approximate surface area is 311 Å². The minimum Gasteiger partial charge on any atom is -0.481 e. The van der Waals surface area contributed by atoms with Crippen LogP contribution in [-0.4, -0.2) is 59.4 Å². The largest absolute Gasteiger partial charge is 0.481 e. The molecule has 14 heteroatoms. The average Bonchev–Trinajstić information content (AvgIpc) is 3.83. The van der Waals surface area contributed by atoms with Gasteiger partial charge in [-0.3, -0.25) is 9.59 Å². The number of hydrogen-bond donors (Lipinski definition) is 4. The summed E-state index contributed by atoms with van der Waals surface area (Å²) in [6.45, 7) is 5.55. The Hall–Kier alpha value is -4.62. The number of ether oxygens (including phenoxy) is 4. The van der Waals surface area contributed by atoms with E-state index < -0.39 is 35.9 Å². The van der Waals surface area contributed by atoms with Crippen molar-refractivity contribution >= 4 is 35.1 Å². The molecule has 2 saturated heterocycles. The maximum Gasteiger partial charge on any atom is 0.308 e. The minimum absolute atomic E-state index is 0.182. The summed E-state index contributed by atoms with van der Waals surface area (Å²) in [6.07, 6.45) is 0.990. The van der Waals surface area contributed by atoms with E-state index in [9.17, 15) is 19.8 Å². The Morgan fingerprint density at radius 2 is 1.12 bits per heavy atom. The van der Waals surface area contributed by atoms with Crippen molar-refractivity contribution in [3.05, 3.63) is 92.0 Å². The average molecular weight is 752 g/mol. The first-order valence-corrected chi connectivity index (χ1v) is 17.6. The Balaban J connectivity index is 1.19. The molecule has 274 valence electrons. The van der Waals surface area contributed by atoms with E-state index in [1.807, 2.05) is 50.2 Å². The van der Waals surface area contributed by atoms with Gasteiger partial charge in [0, 0.05) is 11.1 Å². The molecule has 6 rings (SSSR count). The summed E-state index contributed by atoms with van der Waals surface area (Å²) in [5, 5.41) is 26.3. The third-order valence-corrected chi connectivity index (χ3v) is 10.5. The lowest BCUT2D eigenvalue weighted by atomic mass is 9.92. The number of nitrogens with one attached hydrogen (secondary N) is 2. The second kappa shape index (κ2) is 16.0. The van der Waals surface area contributed by atoms with Crippen LogP contribution >= 0.6 is 23.2 Å². The predicted molar refractivity (Wildman–Crippen MR) is 195 cm³/mol. The molecule has 4 aromatic rings. The number of halogens is 2. The molecule has 2 fully saturated rings. The molecule has 2 aliphatic heterocycles. The highest BCUT2D eigenvalue weighted by Crippen LogP contribution is 2.41. The standard InChI is InChI=1S/C38H40Cl2N4O8/c1-19-21(17-51-35-29(39)15-27(33(43-35)49-3)31-25(37(45)46)11-13-41-31)7-5-9-23(19)24-10-6-8-22(20(24)2)18-52-36-30(40)16-28(34(44-36)50-4)32-26(38(47)48)12-14-42-32/h5-10,15-16,25-26,31-32,41-42H,11-14,17-18H2,1-4H3,(H,45,46)(H,47,48)/t25-,26-,31+,32+/m0/s1. The number of carbonyl (C=O) groups is 2. The molecule has 52 heavy (non-hydrogen) atoms. The van der Waals surface area contributed by atoms with Crippen molar-refractivity contribution in [2.24, 2.45) is 11.8 Å². The number of aromatic nitrogens is 2. The Kier molecular flexibility index (Phi) is 11.4. The van der Waals surface area contributed by atoms with Gasteiger partial charge >= 0.3 is 11.9 Å². The third kappa shape index (κ3) is 7.47. The molecule has 0 bridgehead atoms. The number of carboxylic acids is 2. The molecule has 2 aromatic carbocycles. The van der Waals surface area contributed by atoms with Crippen LogP contribution in [0.1, 0.15) is 58.3 Å². The van der Waals surface area contributed by atoms with Crippen LogP contribution in [0.4, 0.5) is 0 Å². The first-order valence-electron chi connectivity index (χ1n) is 16.9. The quantitative estimate of drug-likeness (QED) is 0.114. The molecule has 12 nitrogen and oxygen atoms in total. The van der Waals surface area contributed by atoms with Crippen molar-refractivity contribution < 1.29 is 38.7 Å². The first-order chi connectivity index (χ1) is 25.0. The smallest absolute Gasteiger partial charge is 0.308 e. The topological polar surface area (TPSA) is 161 Å². The van der Waals surface area contributed by atoms with E-state index in [0.29, 0.717) is 37.1 Å². The number of aliphatic carboxylic acids is 2. The molecule has 0 aliphatic carbocycles. The Bertz CT molecular complexity index is 1850. The van der Waals surface area contributed by atoms with Crippen LogP contribution in [0.15, 0.2) is 48.5 Å². The van der Waals surface area contributed by atoms with Crippen LogP contribution in [0.3, 0.4) is 0 Å². The zero-order valence-electron chi connectivity index (χ0n) is 29.2. The zero-order chi connectivity index (χ0) is 37.1. The highest BCUT2D eigenvalue weighted by atomic mass is 35.5. The molecule has 0 radical (unpaired) electrons. The number of rotatable bonds is 13. The highest BCUT2D eigenvalue weighted by Gasteiger charge is 2.37. The van der Waals surface area contributed by atoms with Gasteiger partial charge in [0.05, 0.1) is 38.1 Å². The summed E-state index contributed by atoms with van der Waals surface area (Å²) >= 11 is 13.2. The lowest BCUT2D eigenvalue weighted by Gasteiger charge is -2.20. The molecule has 4 N–H and O–H groups in total. The summed E-state index contributed by atoms with van der Waals surface area (Å²) in [5.74, 6) is -2.12. The molecule has 0 unspecified atom stereocenters. The molecule has 0 amide bonds. The summed E-state index contributed by atoms with van der Waals surface area (Å²) in [5.41, 5.74) is 7.04. The lowest BCUT2D eigenvalue weighted by Crippen LogP contribution is -2.24. The fourth-order valence-corrected chi connectivity index (χ4v) is 7.49. The summed E-state index contributed by atoms with van der Waals surface area (Å²) in [4.78, 5) is 32.6. The van der Waals surface area contributed by atoms with Crippen molar-refractivity contribution in [1.82, 2.24) is 20.6 Å². The van der Waals surface area contributed by atoms with Gasteiger partial charge in [-0.15, -0.1) is 0 Å². The SMILES string of the molecule is COc1nc(OCc2cccc(-c3cccc(COc4nc(OC)c([C@@H]5NCC[C@@H]5C(=O)O)cc4Cl)c3C)c2C)c(Cl)cc1[C@@H]1NCC[C@@H]1C(=O)O. The van der Waals surface area contributed by atoms with E-state index in [0.717, 1.165) is 33.4 Å². The maximum absolute atomic E-state index is 11.8. The lowest BCUT2D eigenvalue weighted by molar-refractivity contribution is -0.143. The van der Waals surface area contributed by atoms with Crippen LogP contribution in [0.5, 0.6) is 23.5 Å². The van der Waals surface area contributed by atoms with Crippen LogP contribution in [-0.2, 0) is 22.8 Å². The number of benzene rings is 2. The van der Waals surface area contributed by atoms with Gasteiger partial charge in [-0.1, -0.05) is 59.6 Å². The fraction of sp³-hybridized carbons (Fsp3) is 0.368. The number of carboxylic acid groups (broad SMARTS) is 2. The summed E-state index contributed by atoms with van der Waals surface area (Å²) in [7, 11) is 2.96. The number of hydrogen-bond acceptors (Lipinski definition) is 10. The van der Waals surface area contributed by atoms with Gasteiger partial charge < -0.3 is 39.8 Å². The number of nitrogens with zero attached hydrogens (tertiary/aromatic N) is 2. The number of pyridine rings is 2. The van der Waals surface area contributed by atoms with Crippen molar-refractivity contribution in [2.75, 3.05) is 27.3 Å². The molecule has 4 atom stereocenters. The normalized spacial score (nSPS) is 19.7. The minimum atomic E-state index is -0.889. The Morgan fingerprint density at radius 3 is 1.48 bits per heavy atom. The van der Waals surface area contributed by atoms with Crippen molar-refractivity contribution in [3.63, 3.8) is 0 Å². The van der Waals surface area contributed by atoms with Crippen molar-refractivity contribution in [3.8, 4) is 34.6 Å². The first kappa shape index (κ1) is 37.1. The van der Waals surface area contributed by atoms with Gasteiger partial charge in [0.2, 0.25) is 23.5 Å². The second-order valence-corrected chi connectivity index (χ2v) is 13.6. The van der Waals surface area contributed by atoms with E-state index in [1.165, 1.54) is 14.2 Å². The molecule has 2 aromatic heterocycles. The van der Waals surface area contributed by atoms with E-state index in [2.05, 4.69) is 20.6 Å². The van der Waals surface area contributed by atoms with Gasteiger partial charge in [0.25, 0.3) is 0 Å². The van der Waals surface area contributed by atoms with E-state index in [-0.39, 0.29) is 46.8 Å². The van der Waals surface area contributed by atoms with Crippen LogP contribution in [0.2, 0.25) is 10.0 Å². The monoisotopic (exact) mass is 750 g/mol. The van der Waals surface area contributed by atoms with Gasteiger partial charge in [-0.05, 0) is 85.3 Å². The van der Waals surface area contributed by atoms with Crippen LogP contribution in [0, 0.1) is 25.7 Å².